The molecule has 4 rings (SSSR count). The number of nitrogens with zero attached hydrogens (tertiary/aromatic N) is 1. The third-order valence-electron chi connectivity index (χ3n) is 4.57. The van der Waals surface area contributed by atoms with Crippen molar-refractivity contribution in [2.45, 2.75) is 0 Å². The summed E-state index contributed by atoms with van der Waals surface area (Å²) >= 11 is 0. The summed E-state index contributed by atoms with van der Waals surface area (Å²) in [5.74, 6) is 1.45. The normalized spacial score (nSPS) is 10.5. The fourth-order valence-corrected chi connectivity index (χ4v) is 3.15. The Bertz CT molecular complexity index is 1090. The predicted octanol–water partition coefficient (Wildman–Crippen LogP) is 5.75. The Morgan fingerprint density at radius 1 is 0.750 bits per heavy atom. The monoisotopic (exact) mass is 367 g/mol. The summed E-state index contributed by atoms with van der Waals surface area (Å²) in [6.07, 6.45) is 1.79. The zero-order valence-corrected chi connectivity index (χ0v) is 15.6. The molecule has 0 saturated heterocycles. The lowest BCUT2D eigenvalue weighted by atomic mass is 10.0. The Morgan fingerprint density at radius 3 is 2.29 bits per heavy atom. The van der Waals surface area contributed by atoms with Crippen LogP contribution in [0.5, 0.6) is 5.75 Å². The van der Waals surface area contributed by atoms with E-state index >= 15 is 0 Å². The van der Waals surface area contributed by atoms with E-state index < -0.39 is 0 Å². The first kappa shape index (κ1) is 17.6. The highest BCUT2D eigenvalue weighted by molar-refractivity contribution is 5.74. The number of nitrogen functional groups attached to an aromatic ring is 1. The molecule has 0 aliphatic heterocycles. The fraction of sp³-hybridized carbons (Fsp3) is 0.0417. The Labute approximate surface area is 164 Å². The summed E-state index contributed by atoms with van der Waals surface area (Å²) < 4.78 is 5.24. The molecule has 0 atom stereocenters. The Balaban J connectivity index is 1.60. The summed E-state index contributed by atoms with van der Waals surface area (Å²) in [6, 6.07) is 28.4. The molecule has 138 valence electrons. The lowest BCUT2D eigenvalue weighted by Gasteiger charge is -2.11. The number of nitrogens with one attached hydrogen (secondary N) is 1. The van der Waals surface area contributed by atoms with Crippen LogP contribution in [-0.4, -0.2) is 12.1 Å². The SMILES string of the molecule is COc1ccc(-c2ccnc(Nc3cccc(-c4ccccc4)c3)c2)cc1N. The lowest BCUT2D eigenvalue weighted by Crippen LogP contribution is -1.95. The largest absolute Gasteiger partial charge is 0.495 e. The van der Waals surface area contributed by atoms with Gasteiger partial charge in [0.2, 0.25) is 0 Å². The summed E-state index contributed by atoms with van der Waals surface area (Å²) in [4.78, 5) is 4.45. The number of hydrogen-bond acceptors (Lipinski definition) is 4. The quantitative estimate of drug-likeness (QED) is 0.441. The lowest BCUT2D eigenvalue weighted by molar-refractivity contribution is 0.417. The molecule has 3 N–H and O–H groups in total. The molecule has 0 radical (unpaired) electrons. The average Bonchev–Trinajstić information content (AvgIpc) is 2.75. The third-order valence-corrected chi connectivity index (χ3v) is 4.57. The van der Waals surface area contributed by atoms with Gasteiger partial charge in [-0.25, -0.2) is 4.98 Å². The second-order valence-corrected chi connectivity index (χ2v) is 6.46. The highest BCUT2D eigenvalue weighted by Crippen LogP contribution is 2.30. The van der Waals surface area contributed by atoms with E-state index in [1.807, 2.05) is 60.7 Å². The molecule has 4 aromatic rings. The van der Waals surface area contributed by atoms with Crippen LogP contribution in [-0.2, 0) is 0 Å². The molecule has 0 unspecified atom stereocenters. The van der Waals surface area contributed by atoms with Crippen LogP contribution in [0.4, 0.5) is 17.2 Å². The number of nitrogens with two attached hydrogens (primary N) is 1. The number of ether oxygens (including phenoxy) is 1. The Morgan fingerprint density at radius 2 is 1.50 bits per heavy atom. The van der Waals surface area contributed by atoms with Crippen molar-refractivity contribution in [3.63, 3.8) is 0 Å². The third kappa shape index (κ3) is 3.81. The van der Waals surface area contributed by atoms with E-state index in [0.717, 1.165) is 28.2 Å². The van der Waals surface area contributed by atoms with Crippen molar-refractivity contribution in [1.82, 2.24) is 4.98 Å². The molecular formula is C24H21N3O. The van der Waals surface area contributed by atoms with Crippen molar-refractivity contribution in [3.8, 4) is 28.0 Å². The zero-order valence-electron chi connectivity index (χ0n) is 15.6. The van der Waals surface area contributed by atoms with Gasteiger partial charge in [0.25, 0.3) is 0 Å². The summed E-state index contributed by atoms with van der Waals surface area (Å²) in [7, 11) is 1.61. The van der Waals surface area contributed by atoms with Gasteiger partial charge in [0.05, 0.1) is 12.8 Å². The maximum absolute atomic E-state index is 6.05. The topological polar surface area (TPSA) is 60.2 Å². The minimum absolute atomic E-state index is 0.613. The first-order valence-corrected chi connectivity index (χ1v) is 9.05. The standard InChI is InChI=1S/C24H21N3O/c1-28-23-11-10-19(15-22(23)25)20-12-13-26-24(16-20)27-21-9-5-8-18(14-21)17-6-3-2-4-7-17/h2-16H,25H2,1H3,(H,26,27). The van der Waals surface area contributed by atoms with Crippen LogP contribution in [0.25, 0.3) is 22.3 Å². The van der Waals surface area contributed by atoms with Crippen molar-refractivity contribution in [2.75, 3.05) is 18.2 Å². The average molecular weight is 367 g/mol. The maximum Gasteiger partial charge on any atom is 0.141 e. The van der Waals surface area contributed by atoms with Gasteiger partial charge >= 0.3 is 0 Å². The first-order chi connectivity index (χ1) is 13.7. The molecule has 4 heteroatoms. The van der Waals surface area contributed by atoms with Crippen LogP contribution >= 0.6 is 0 Å². The van der Waals surface area contributed by atoms with Gasteiger partial charge in [0.15, 0.2) is 0 Å². The molecule has 1 aromatic heterocycles. The number of hydrogen-bond donors (Lipinski definition) is 2. The number of methoxy groups -OCH3 is 1. The molecule has 28 heavy (non-hydrogen) atoms. The molecule has 4 nitrogen and oxygen atoms in total. The molecule has 0 amide bonds. The number of pyridine rings is 1. The van der Waals surface area contributed by atoms with Gasteiger partial charge in [0.1, 0.15) is 11.6 Å². The van der Waals surface area contributed by atoms with Crippen molar-refractivity contribution in [1.29, 1.82) is 0 Å². The summed E-state index contributed by atoms with van der Waals surface area (Å²) in [5.41, 5.74) is 12.0. The van der Waals surface area contributed by atoms with Gasteiger partial charge in [-0.05, 0) is 58.7 Å². The number of benzene rings is 3. The zero-order chi connectivity index (χ0) is 19.3. The molecule has 0 saturated carbocycles. The van der Waals surface area contributed by atoms with E-state index in [2.05, 4.69) is 34.6 Å². The minimum Gasteiger partial charge on any atom is -0.495 e. The van der Waals surface area contributed by atoms with Crippen LogP contribution in [0.1, 0.15) is 0 Å². The van der Waals surface area contributed by atoms with E-state index in [0.29, 0.717) is 11.4 Å². The molecule has 0 aliphatic carbocycles. The second kappa shape index (κ2) is 7.84. The molecule has 0 fully saturated rings. The molecule has 1 heterocycles. The fourth-order valence-electron chi connectivity index (χ4n) is 3.15. The van der Waals surface area contributed by atoms with E-state index in [4.69, 9.17) is 10.5 Å². The van der Waals surface area contributed by atoms with Gasteiger partial charge in [-0.3, -0.25) is 0 Å². The van der Waals surface area contributed by atoms with Gasteiger partial charge in [-0.2, -0.15) is 0 Å². The van der Waals surface area contributed by atoms with Gasteiger partial charge in [-0.1, -0.05) is 48.5 Å². The summed E-state index contributed by atoms with van der Waals surface area (Å²) in [6.45, 7) is 0. The molecule has 0 spiro atoms. The maximum atomic E-state index is 6.05. The van der Waals surface area contributed by atoms with Crippen LogP contribution in [0.2, 0.25) is 0 Å². The molecule has 0 bridgehead atoms. The van der Waals surface area contributed by atoms with E-state index in [1.165, 1.54) is 5.56 Å². The van der Waals surface area contributed by atoms with Crippen LogP contribution in [0.3, 0.4) is 0 Å². The van der Waals surface area contributed by atoms with Gasteiger partial charge < -0.3 is 15.8 Å². The highest BCUT2D eigenvalue weighted by atomic mass is 16.5. The Kier molecular flexibility index (Phi) is 4.93. The first-order valence-electron chi connectivity index (χ1n) is 9.05. The molecule has 3 aromatic carbocycles. The van der Waals surface area contributed by atoms with Crippen molar-refractivity contribution < 1.29 is 4.74 Å². The predicted molar refractivity (Wildman–Crippen MR) is 116 cm³/mol. The highest BCUT2D eigenvalue weighted by Gasteiger charge is 2.05. The smallest absolute Gasteiger partial charge is 0.141 e. The molecular weight excluding hydrogens is 346 g/mol. The van der Waals surface area contributed by atoms with Crippen LogP contribution in [0.15, 0.2) is 91.1 Å². The van der Waals surface area contributed by atoms with E-state index in [9.17, 15) is 0 Å². The van der Waals surface area contributed by atoms with Gasteiger partial charge in [-0.15, -0.1) is 0 Å². The number of aromatic nitrogens is 1. The van der Waals surface area contributed by atoms with Crippen LogP contribution < -0.4 is 15.8 Å². The van der Waals surface area contributed by atoms with Crippen LogP contribution in [0, 0.1) is 0 Å². The van der Waals surface area contributed by atoms with E-state index in [-0.39, 0.29) is 0 Å². The second-order valence-electron chi connectivity index (χ2n) is 6.46. The molecule has 0 aliphatic rings. The van der Waals surface area contributed by atoms with Crippen molar-refractivity contribution in [2.24, 2.45) is 0 Å². The Hall–Kier alpha value is -3.79. The number of anilines is 3. The van der Waals surface area contributed by atoms with Crippen molar-refractivity contribution >= 4 is 17.2 Å². The van der Waals surface area contributed by atoms with Crippen molar-refractivity contribution in [3.05, 3.63) is 91.1 Å². The minimum atomic E-state index is 0.613. The van der Waals surface area contributed by atoms with E-state index in [1.54, 1.807) is 13.3 Å². The van der Waals surface area contributed by atoms with Gasteiger partial charge in [0, 0.05) is 11.9 Å². The number of rotatable bonds is 5. The summed E-state index contributed by atoms with van der Waals surface area (Å²) in [5, 5.41) is 3.39.